The van der Waals surface area contributed by atoms with Gasteiger partial charge < -0.3 is 14.2 Å². The topological polar surface area (TPSA) is 47.4 Å². The van der Waals surface area contributed by atoms with Crippen molar-refractivity contribution in [2.24, 2.45) is 7.05 Å². The van der Waals surface area contributed by atoms with Crippen molar-refractivity contribution in [3.05, 3.63) is 60.6 Å². The molecule has 136 valence electrons. The lowest BCUT2D eigenvalue weighted by molar-refractivity contribution is -0.129. The molecule has 0 saturated heterocycles. The van der Waals surface area contributed by atoms with E-state index in [0.29, 0.717) is 25.4 Å². The molecule has 3 rings (SSSR count). The first-order chi connectivity index (χ1) is 12.7. The number of aryl methyl sites for hydroxylation is 1. The highest BCUT2D eigenvalue weighted by Crippen LogP contribution is 2.29. The summed E-state index contributed by atoms with van der Waals surface area (Å²) in [5, 5.41) is 1.18. The van der Waals surface area contributed by atoms with E-state index < -0.39 is 0 Å². The van der Waals surface area contributed by atoms with Gasteiger partial charge in [-0.15, -0.1) is 11.8 Å². The molecule has 5 nitrogen and oxygen atoms in total. The number of benzene rings is 1. The minimum atomic E-state index is 0.101. The maximum Gasteiger partial charge on any atom is 0.233 e. The summed E-state index contributed by atoms with van der Waals surface area (Å²) in [6, 6.07) is 12.1. The molecule has 1 aromatic carbocycles. The van der Waals surface area contributed by atoms with Crippen LogP contribution in [0.1, 0.15) is 5.56 Å². The molecule has 6 heteroatoms. The van der Waals surface area contributed by atoms with Crippen LogP contribution < -0.4 is 0 Å². The SMILES string of the molecule is COCCN(Cc1cccnc1)C(=O)CSc1cn(C)c2ccccc12. The number of fused-ring (bicyclic) bond motifs is 1. The van der Waals surface area contributed by atoms with Gasteiger partial charge in [-0.1, -0.05) is 24.3 Å². The minimum absolute atomic E-state index is 0.101. The van der Waals surface area contributed by atoms with Crippen LogP contribution in [0.5, 0.6) is 0 Å². The van der Waals surface area contributed by atoms with E-state index in [1.807, 2.05) is 36.2 Å². The fourth-order valence-corrected chi connectivity index (χ4v) is 3.88. The molecular formula is C20H23N3O2S. The van der Waals surface area contributed by atoms with Crippen molar-refractivity contribution >= 4 is 28.6 Å². The number of para-hydroxylation sites is 1. The summed E-state index contributed by atoms with van der Waals surface area (Å²) in [5.74, 6) is 0.502. The minimum Gasteiger partial charge on any atom is -0.383 e. The third-order valence-electron chi connectivity index (χ3n) is 4.23. The van der Waals surface area contributed by atoms with Crippen molar-refractivity contribution in [2.75, 3.05) is 26.0 Å². The first-order valence-electron chi connectivity index (χ1n) is 8.51. The largest absolute Gasteiger partial charge is 0.383 e. The Morgan fingerprint density at radius 3 is 2.88 bits per heavy atom. The molecular weight excluding hydrogens is 346 g/mol. The van der Waals surface area contributed by atoms with Crippen molar-refractivity contribution in [1.82, 2.24) is 14.5 Å². The fourth-order valence-electron chi connectivity index (χ4n) is 2.86. The molecule has 0 aliphatic carbocycles. The Morgan fingerprint density at radius 2 is 2.12 bits per heavy atom. The normalized spacial score (nSPS) is 11.0. The zero-order chi connectivity index (χ0) is 18.4. The van der Waals surface area contributed by atoms with Gasteiger partial charge in [-0.05, 0) is 17.7 Å². The first-order valence-corrected chi connectivity index (χ1v) is 9.50. The van der Waals surface area contributed by atoms with Crippen molar-refractivity contribution in [1.29, 1.82) is 0 Å². The number of hydrogen-bond acceptors (Lipinski definition) is 4. The summed E-state index contributed by atoms with van der Waals surface area (Å²) in [7, 11) is 3.68. The van der Waals surface area contributed by atoms with Crippen molar-refractivity contribution in [2.45, 2.75) is 11.4 Å². The van der Waals surface area contributed by atoms with E-state index in [-0.39, 0.29) is 5.91 Å². The zero-order valence-electron chi connectivity index (χ0n) is 15.1. The van der Waals surface area contributed by atoms with E-state index in [2.05, 4.69) is 27.9 Å². The molecule has 0 fully saturated rings. The quantitative estimate of drug-likeness (QED) is 0.572. The maximum atomic E-state index is 12.8. The molecule has 0 aliphatic heterocycles. The van der Waals surface area contributed by atoms with E-state index >= 15 is 0 Å². The van der Waals surface area contributed by atoms with E-state index in [9.17, 15) is 4.79 Å². The lowest BCUT2D eigenvalue weighted by Gasteiger charge is -2.22. The van der Waals surface area contributed by atoms with Crippen LogP contribution in [-0.2, 0) is 23.1 Å². The number of nitrogens with zero attached hydrogens (tertiary/aromatic N) is 3. The van der Waals surface area contributed by atoms with Crippen LogP contribution in [0.15, 0.2) is 59.9 Å². The van der Waals surface area contributed by atoms with Crippen LogP contribution in [0.4, 0.5) is 0 Å². The van der Waals surface area contributed by atoms with Crippen LogP contribution in [0.25, 0.3) is 10.9 Å². The number of thioether (sulfide) groups is 1. The predicted octanol–water partition coefficient (Wildman–Crippen LogP) is 3.34. The summed E-state index contributed by atoms with van der Waals surface area (Å²) < 4.78 is 7.26. The van der Waals surface area contributed by atoms with Gasteiger partial charge in [-0.3, -0.25) is 9.78 Å². The highest BCUT2D eigenvalue weighted by Gasteiger charge is 2.16. The second kappa shape index (κ2) is 8.87. The number of hydrogen-bond donors (Lipinski definition) is 0. The second-order valence-electron chi connectivity index (χ2n) is 6.08. The van der Waals surface area contributed by atoms with Crippen LogP contribution in [-0.4, -0.2) is 46.4 Å². The number of methoxy groups -OCH3 is 1. The average Bonchev–Trinajstić information content (AvgIpc) is 3.00. The van der Waals surface area contributed by atoms with E-state index in [1.165, 1.54) is 10.9 Å². The molecule has 0 aliphatic rings. The molecule has 0 bridgehead atoms. The van der Waals surface area contributed by atoms with E-state index in [4.69, 9.17) is 4.74 Å². The Bertz CT molecular complexity index is 864. The van der Waals surface area contributed by atoms with E-state index in [0.717, 1.165) is 10.5 Å². The van der Waals surface area contributed by atoms with Crippen LogP contribution in [0, 0.1) is 0 Å². The van der Waals surface area contributed by atoms with Crippen LogP contribution in [0.2, 0.25) is 0 Å². The maximum absolute atomic E-state index is 12.8. The Hall–Kier alpha value is -2.31. The number of ether oxygens (including phenoxy) is 1. The molecule has 0 spiro atoms. The number of rotatable bonds is 8. The monoisotopic (exact) mass is 369 g/mol. The van der Waals surface area contributed by atoms with Gasteiger partial charge in [0.25, 0.3) is 0 Å². The molecule has 1 amide bonds. The lowest BCUT2D eigenvalue weighted by Crippen LogP contribution is -2.34. The smallest absolute Gasteiger partial charge is 0.233 e. The van der Waals surface area contributed by atoms with Crippen molar-refractivity contribution in [3.63, 3.8) is 0 Å². The number of carbonyl (C=O) groups excluding carboxylic acids is 1. The Morgan fingerprint density at radius 1 is 1.27 bits per heavy atom. The molecule has 0 radical (unpaired) electrons. The van der Waals surface area contributed by atoms with Crippen LogP contribution >= 0.6 is 11.8 Å². The van der Waals surface area contributed by atoms with Crippen molar-refractivity contribution in [3.8, 4) is 0 Å². The molecule has 0 unspecified atom stereocenters. The van der Waals surface area contributed by atoms with Crippen LogP contribution in [0.3, 0.4) is 0 Å². The molecule has 3 aromatic rings. The van der Waals surface area contributed by atoms with Gasteiger partial charge in [0.05, 0.1) is 12.4 Å². The van der Waals surface area contributed by atoms with Gasteiger partial charge >= 0.3 is 0 Å². The Balaban J connectivity index is 1.68. The Kier molecular flexibility index (Phi) is 6.30. The van der Waals surface area contributed by atoms with Gasteiger partial charge in [-0.2, -0.15) is 0 Å². The molecule has 2 heterocycles. The van der Waals surface area contributed by atoms with E-state index in [1.54, 1.807) is 31.3 Å². The molecule has 26 heavy (non-hydrogen) atoms. The molecule has 0 atom stereocenters. The highest BCUT2D eigenvalue weighted by molar-refractivity contribution is 8.00. The molecule has 0 N–H and O–H groups in total. The zero-order valence-corrected chi connectivity index (χ0v) is 15.9. The summed E-state index contributed by atoms with van der Waals surface area (Å²) in [4.78, 5) is 19.9. The summed E-state index contributed by atoms with van der Waals surface area (Å²) >= 11 is 1.58. The third kappa shape index (κ3) is 4.45. The number of amides is 1. The van der Waals surface area contributed by atoms with Gasteiger partial charge in [0.15, 0.2) is 0 Å². The predicted molar refractivity (Wildman–Crippen MR) is 105 cm³/mol. The average molecular weight is 369 g/mol. The fraction of sp³-hybridized carbons (Fsp3) is 0.300. The van der Waals surface area contributed by atoms with Gasteiger partial charge in [0.2, 0.25) is 5.91 Å². The first kappa shape index (κ1) is 18.5. The number of aromatic nitrogens is 2. The summed E-state index contributed by atoms with van der Waals surface area (Å²) in [6.07, 6.45) is 5.62. The van der Waals surface area contributed by atoms with Crippen molar-refractivity contribution < 1.29 is 9.53 Å². The standard InChI is InChI=1S/C20H23N3O2S/c1-22-14-19(17-7-3-4-8-18(17)22)26-15-20(24)23(10-11-25-2)13-16-6-5-9-21-12-16/h3-9,12,14H,10-11,13,15H2,1-2H3. The molecule has 0 saturated carbocycles. The second-order valence-corrected chi connectivity index (χ2v) is 7.10. The highest BCUT2D eigenvalue weighted by atomic mass is 32.2. The lowest BCUT2D eigenvalue weighted by atomic mass is 10.2. The third-order valence-corrected chi connectivity index (χ3v) is 5.25. The van der Waals surface area contributed by atoms with Gasteiger partial charge in [0, 0.05) is 61.6 Å². The van der Waals surface area contributed by atoms with Gasteiger partial charge in [-0.25, -0.2) is 0 Å². The number of pyridine rings is 1. The summed E-state index contributed by atoms with van der Waals surface area (Å²) in [5.41, 5.74) is 2.20. The number of carbonyl (C=O) groups is 1. The Labute approximate surface area is 158 Å². The molecule has 2 aromatic heterocycles. The van der Waals surface area contributed by atoms with Gasteiger partial charge in [0.1, 0.15) is 0 Å². The summed E-state index contributed by atoms with van der Waals surface area (Å²) in [6.45, 7) is 1.64.